The van der Waals surface area contributed by atoms with E-state index >= 15 is 0 Å². The second-order valence-corrected chi connectivity index (χ2v) is 3.81. The largest absolute Gasteiger partial charge is 0.497 e. The van der Waals surface area contributed by atoms with Crippen molar-refractivity contribution in [1.29, 1.82) is 0 Å². The molecular formula is C12H12N2O4. The summed E-state index contributed by atoms with van der Waals surface area (Å²) in [5.41, 5.74) is 6.19. The van der Waals surface area contributed by atoms with Gasteiger partial charge in [0.05, 0.1) is 12.7 Å². The summed E-state index contributed by atoms with van der Waals surface area (Å²) in [6.07, 6.45) is 1.44. The lowest BCUT2D eigenvalue weighted by molar-refractivity contribution is -0.137. The summed E-state index contributed by atoms with van der Waals surface area (Å²) >= 11 is 0. The molecule has 0 aliphatic carbocycles. The van der Waals surface area contributed by atoms with Crippen LogP contribution in [-0.2, 0) is 11.3 Å². The van der Waals surface area contributed by atoms with E-state index in [-0.39, 0.29) is 12.1 Å². The molecule has 2 rings (SSSR count). The highest BCUT2D eigenvalue weighted by atomic mass is 16.5. The highest BCUT2D eigenvalue weighted by Crippen LogP contribution is 2.25. The summed E-state index contributed by atoms with van der Waals surface area (Å²) in [6, 6.07) is 5.06. The number of nitrogens with zero attached hydrogens (tertiary/aromatic N) is 1. The maximum Gasteiger partial charge on any atom is 0.323 e. The number of carboxylic acid groups (broad SMARTS) is 1. The van der Waals surface area contributed by atoms with Crippen molar-refractivity contribution in [3.63, 3.8) is 0 Å². The average Bonchev–Trinajstić information content (AvgIpc) is 2.66. The van der Waals surface area contributed by atoms with Gasteiger partial charge in [0, 0.05) is 17.1 Å². The number of hydrogen-bond donors (Lipinski definition) is 2. The van der Waals surface area contributed by atoms with Crippen LogP contribution in [-0.4, -0.2) is 28.7 Å². The first-order chi connectivity index (χ1) is 8.52. The first kappa shape index (κ1) is 12.0. The van der Waals surface area contributed by atoms with E-state index in [1.807, 2.05) is 0 Å². The minimum Gasteiger partial charge on any atom is -0.497 e. The molecule has 1 amide bonds. The van der Waals surface area contributed by atoms with Gasteiger partial charge in [-0.3, -0.25) is 9.59 Å². The fourth-order valence-corrected chi connectivity index (χ4v) is 1.88. The van der Waals surface area contributed by atoms with Gasteiger partial charge >= 0.3 is 5.97 Å². The fraction of sp³-hybridized carbons (Fsp3) is 0.167. The predicted molar refractivity (Wildman–Crippen MR) is 64.6 cm³/mol. The fourth-order valence-electron chi connectivity index (χ4n) is 1.88. The first-order valence-electron chi connectivity index (χ1n) is 5.21. The number of aliphatic carboxylic acids is 1. The molecule has 0 aliphatic heterocycles. The van der Waals surface area contributed by atoms with Crippen molar-refractivity contribution in [2.45, 2.75) is 6.54 Å². The molecule has 0 fully saturated rings. The number of carboxylic acids is 1. The van der Waals surface area contributed by atoms with Gasteiger partial charge in [-0.2, -0.15) is 0 Å². The zero-order chi connectivity index (χ0) is 13.3. The first-order valence-corrected chi connectivity index (χ1v) is 5.21. The number of benzene rings is 1. The lowest BCUT2D eigenvalue weighted by Gasteiger charge is -2.02. The Labute approximate surface area is 103 Å². The normalized spacial score (nSPS) is 10.5. The van der Waals surface area contributed by atoms with Gasteiger partial charge in [0.25, 0.3) is 5.91 Å². The third-order valence-electron chi connectivity index (χ3n) is 2.66. The number of carbonyl (C=O) groups is 2. The molecule has 6 heteroatoms. The third-order valence-corrected chi connectivity index (χ3v) is 2.66. The van der Waals surface area contributed by atoms with Gasteiger partial charge in [0.1, 0.15) is 12.3 Å². The summed E-state index contributed by atoms with van der Waals surface area (Å²) < 4.78 is 6.54. The Morgan fingerprint density at radius 1 is 1.44 bits per heavy atom. The van der Waals surface area contributed by atoms with Gasteiger partial charge < -0.3 is 20.1 Å². The molecule has 1 heterocycles. The van der Waals surface area contributed by atoms with Gasteiger partial charge in [0.15, 0.2) is 0 Å². The average molecular weight is 248 g/mol. The molecule has 3 N–H and O–H groups in total. The van der Waals surface area contributed by atoms with Crippen molar-refractivity contribution in [2.75, 3.05) is 7.11 Å². The number of ether oxygens (including phenoxy) is 1. The molecule has 0 saturated carbocycles. The Morgan fingerprint density at radius 2 is 2.17 bits per heavy atom. The van der Waals surface area contributed by atoms with Crippen LogP contribution in [0.3, 0.4) is 0 Å². The number of hydrogen-bond acceptors (Lipinski definition) is 3. The monoisotopic (exact) mass is 248 g/mol. The van der Waals surface area contributed by atoms with Crippen LogP contribution in [0, 0.1) is 0 Å². The Morgan fingerprint density at radius 3 is 2.72 bits per heavy atom. The van der Waals surface area contributed by atoms with Crippen LogP contribution in [0.5, 0.6) is 5.75 Å². The van der Waals surface area contributed by atoms with E-state index in [4.69, 9.17) is 15.6 Å². The molecule has 0 aliphatic rings. The third kappa shape index (κ3) is 2.00. The van der Waals surface area contributed by atoms with Gasteiger partial charge in [-0.05, 0) is 18.2 Å². The van der Waals surface area contributed by atoms with Crippen LogP contribution < -0.4 is 10.5 Å². The summed E-state index contributed by atoms with van der Waals surface area (Å²) in [5.74, 6) is -1.01. The van der Waals surface area contributed by atoms with Crippen molar-refractivity contribution in [3.05, 3.63) is 30.0 Å². The molecule has 2 aromatic rings. The number of methoxy groups -OCH3 is 1. The standard InChI is InChI=1S/C12H12N2O4/c1-18-7-2-3-10-8(4-7)9(12(13)17)5-14(10)6-11(15)16/h2-5H,6H2,1H3,(H2,13,17)(H,15,16). The summed E-state index contributed by atoms with van der Waals surface area (Å²) in [4.78, 5) is 22.1. The van der Waals surface area contributed by atoms with Gasteiger partial charge in [-0.1, -0.05) is 0 Å². The molecule has 0 unspecified atom stereocenters. The van der Waals surface area contributed by atoms with E-state index in [0.717, 1.165) is 0 Å². The topological polar surface area (TPSA) is 94.5 Å². The van der Waals surface area contributed by atoms with Crippen molar-refractivity contribution < 1.29 is 19.4 Å². The van der Waals surface area contributed by atoms with Crippen molar-refractivity contribution >= 4 is 22.8 Å². The quantitative estimate of drug-likeness (QED) is 0.837. The summed E-state index contributed by atoms with van der Waals surface area (Å²) in [6.45, 7) is -0.226. The van der Waals surface area contributed by atoms with Crippen LogP contribution in [0.25, 0.3) is 10.9 Å². The van der Waals surface area contributed by atoms with Crippen molar-refractivity contribution in [1.82, 2.24) is 4.57 Å². The number of carbonyl (C=O) groups excluding carboxylic acids is 1. The van der Waals surface area contributed by atoms with Gasteiger partial charge in [-0.15, -0.1) is 0 Å². The van der Waals surface area contributed by atoms with E-state index in [1.165, 1.54) is 17.9 Å². The van der Waals surface area contributed by atoms with Crippen LogP contribution in [0.15, 0.2) is 24.4 Å². The molecule has 1 aromatic carbocycles. The van der Waals surface area contributed by atoms with E-state index in [1.54, 1.807) is 18.2 Å². The van der Waals surface area contributed by atoms with Gasteiger partial charge in [0.2, 0.25) is 0 Å². The summed E-state index contributed by atoms with van der Waals surface area (Å²) in [7, 11) is 1.51. The maximum atomic E-state index is 11.3. The SMILES string of the molecule is COc1ccc2c(c1)c(C(N)=O)cn2CC(=O)O. The highest BCUT2D eigenvalue weighted by Gasteiger charge is 2.14. The second-order valence-electron chi connectivity index (χ2n) is 3.81. The predicted octanol–water partition coefficient (Wildman–Crippen LogP) is 0.833. The van der Waals surface area contributed by atoms with Crippen LogP contribution >= 0.6 is 0 Å². The Kier molecular flexibility index (Phi) is 2.93. The lowest BCUT2D eigenvalue weighted by atomic mass is 10.1. The van der Waals surface area contributed by atoms with Crippen molar-refractivity contribution in [2.24, 2.45) is 5.73 Å². The molecule has 0 saturated heterocycles. The number of fused-ring (bicyclic) bond motifs is 1. The van der Waals surface area contributed by atoms with Crippen molar-refractivity contribution in [3.8, 4) is 5.75 Å². The highest BCUT2D eigenvalue weighted by molar-refractivity contribution is 6.06. The molecule has 0 spiro atoms. The molecule has 18 heavy (non-hydrogen) atoms. The van der Waals surface area contributed by atoms with E-state index in [0.29, 0.717) is 16.7 Å². The van der Waals surface area contributed by atoms with E-state index < -0.39 is 11.9 Å². The smallest absolute Gasteiger partial charge is 0.323 e. The lowest BCUT2D eigenvalue weighted by Crippen LogP contribution is -2.11. The molecule has 0 atom stereocenters. The van der Waals surface area contributed by atoms with E-state index in [2.05, 4.69) is 0 Å². The number of rotatable bonds is 4. The summed E-state index contributed by atoms with van der Waals surface area (Å²) in [5, 5.41) is 9.40. The molecular weight excluding hydrogens is 236 g/mol. The molecule has 0 bridgehead atoms. The number of amides is 1. The van der Waals surface area contributed by atoms with Crippen LogP contribution in [0.4, 0.5) is 0 Å². The molecule has 6 nitrogen and oxygen atoms in total. The van der Waals surface area contributed by atoms with E-state index in [9.17, 15) is 9.59 Å². The molecule has 94 valence electrons. The van der Waals surface area contributed by atoms with Crippen LogP contribution in [0.1, 0.15) is 10.4 Å². The Hall–Kier alpha value is -2.50. The maximum absolute atomic E-state index is 11.3. The molecule has 0 radical (unpaired) electrons. The molecule has 1 aromatic heterocycles. The zero-order valence-corrected chi connectivity index (χ0v) is 9.71. The second kappa shape index (κ2) is 4.40. The minimum atomic E-state index is -0.987. The zero-order valence-electron chi connectivity index (χ0n) is 9.71. The van der Waals surface area contributed by atoms with Crippen LogP contribution in [0.2, 0.25) is 0 Å². The Bertz CT molecular complexity index is 630. The number of primary amides is 1. The van der Waals surface area contributed by atoms with Gasteiger partial charge in [-0.25, -0.2) is 0 Å². The Balaban J connectivity index is 2.67. The number of aromatic nitrogens is 1. The number of nitrogens with two attached hydrogens (primary N) is 1. The minimum absolute atomic E-state index is 0.226.